The molecule has 0 aromatic heterocycles. The highest BCUT2D eigenvalue weighted by Crippen LogP contribution is 2.29. The zero-order chi connectivity index (χ0) is 15.2. The van der Waals surface area contributed by atoms with Gasteiger partial charge < -0.3 is 10.6 Å². The molecule has 3 rings (SSSR count). The van der Waals surface area contributed by atoms with Gasteiger partial charge in [-0.25, -0.2) is 8.42 Å². The van der Waals surface area contributed by atoms with Gasteiger partial charge in [-0.15, -0.1) is 0 Å². The van der Waals surface area contributed by atoms with Gasteiger partial charge in [0, 0.05) is 30.9 Å². The first-order valence-electron chi connectivity index (χ1n) is 7.06. The van der Waals surface area contributed by atoms with Crippen LogP contribution in [0.4, 0.5) is 5.69 Å². The van der Waals surface area contributed by atoms with Crippen molar-refractivity contribution < 1.29 is 13.2 Å². The minimum atomic E-state index is -3.55. The van der Waals surface area contributed by atoms with Crippen molar-refractivity contribution in [3.8, 4) is 0 Å². The smallest absolute Gasteiger partial charge is 0.243 e. The Bertz CT molecular complexity index is 677. The fourth-order valence-electron chi connectivity index (χ4n) is 3.08. The van der Waals surface area contributed by atoms with E-state index in [-0.39, 0.29) is 29.3 Å². The number of hydrogen-bond acceptors (Lipinski definition) is 4. The number of carbonyl (C=O) groups excluding carboxylic acids is 1. The van der Waals surface area contributed by atoms with Crippen molar-refractivity contribution in [2.45, 2.75) is 37.2 Å². The van der Waals surface area contributed by atoms with Crippen molar-refractivity contribution in [3.05, 3.63) is 23.8 Å². The number of anilines is 1. The van der Waals surface area contributed by atoms with Crippen molar-refractivity contribution in [2.24, 2.45) is 0 Å². The highest BCUT2D eigenvalue weighted by Gasteiger charge is 2.36. The lowest BCUT2D eigenvalue weighted by Crippen LogP contribution is -2.57. The van der Waals surface area contributed by atoms with E-state index in [1.54, 1.807) is 22.5 Å². The molecular weight excluding hydrogens is 290 g/mol. The molecule has 0 radical (unpaired) electrons. The normalized spacial score (nSPS) is 26.5. The quantitative estimate of drug-likeness (QED) is 0.836. The van der Waals surface area contributed by atoms with Crippen LogP contribution < -0.4 is 10.6 Å². The Balaban J connectivity index is 1.99. The number of rotatable bonds is 2. The predicted molar refractivity (Wildman–Crippen MR) is 79.6 cm³/mol. The fraction of sp³-hybridized carbons (Fsp3) is 0.500. The van der Waals surface area contributed by atoms with Crippen LogP contribution in [0.15, 0.2) is 23.1 Å². The first-order valence-corrected chi connectivity index (χ1v) is 8.50. The van der Waals surface area contributed by atoms with Crippen molar-refractivity contribution in [1.82, 2.24) is 9.62 Å². The Morgan fingerprint density at radius 3 is 2.52 bits per heavy atom. The van der Waals surface area contributed by atoms with Gasteiger partial charge in [-0.1, -0.05) is 0 Å². The predicted octanol–water partition coefficient (Wildman–Crippen LogP) is 0.552. The average molecular weight is 309 g/mol. The fourth-order valence-corrected chi connectivity index (χ4v) is 4.95. The largest absolute Gasteiger partial charge is 0.326 e. The third-order valence-electron chi connectivity index (χ3n) is 4.03. The maximum Gasteiger partial charge on any atom is 0.243 e. The second-order valence-electron chi connectivity index (χ2n) is 5.74. The minimum Gasteiger partial charge on any atom is -0.326 e. The van der Waals surface area contributed by atoms with E-state index in [2.05, 4.69) is 10.6 Å². The van der Waals surface area contributed by atoms with E-state index >= 15 is 0 Å². The van der Waals surface area contributed by atoms with Crippen LogP contribution in [0, 0.1) is 0 Å². The second-order valence-corrected chi connectivity index (χ2v) is 7.58. The zero-order valence-electron chi connectivity index (χ0n) is 12.1. The van der Waals surface area contributed by atoms with E-state index in [0.29, 0.717) is 18.8 Å². The third kappa shape index (κ3) is 2.45. The summed E-state index contributed by atoms with van der Waals surface area (Å²) in [5.41, 5.74) is 1.46. The maximum absolute atomic E-state index is 12.9. The summed E-state index contributed by atoms with van der Waals surface area (Å²) in [6, 6.07) is 4.68. The van der Waals surface area contributed by atoms with E-state index in [9.17, 15) is 13.2 Å². The number of hydrogen-bond donors (Lipinski definition) is 2. The summed E-state index contributed by atoms with van der Waals surface area (Å²) in [6.07, 6.45) is 0.241. The number of sulfonamides is 1. The number of amides is 1. The Morgan fingerprint density at radius 2 is 1.86 bits per heavy atom. The molecule has 1 aromatic rings. The summed E-state index contributed by atoms with van der Waals surface area (Å²) in [4.78, 5) is 11.6. The molecule has 6 nitrogen and oxygen atoms in total. The van der Waals surface area contributed by atoms with Gasteiger partial charge in [0.2, 0.25) is 15.9 Å². The summed E-state index contributed by atoms with van der Waals surface area (Å²) in [6.45, 7) is 5.10. The summed E-state index contributed by atoms with van der Waals surface area (Å²) >= 11 is 0. The molecule has 2 aliphatic rings. The van der Waals surface area contributed by atoms with Gasteiger partial charge in [0.05, 0.1) is 11.3 Å². The SMILES string of the molecule is CC1CNCC(C)N1S(=O)(=O)c1ccc2c(c1)CC(=O)N2. The Morgan fingerprint density at radius 1 is 1.19 bits per heavy atom. The molecule has 7 heteroatoms. The third-order valence-corrected chi connectivity index (χ3v) is 6.15. The van der Waals surface area contributed by atoms with Crippen molar-refractivity contribution in [2.75, 3.05) is 18.4 Å². The Labute approximate surface area is 124 Å². The standard InChI is InChI=1S/C14H19N3O3S/c1-9-7-15-8-10(2)17(9)21(19,20)12-3-4-13-11(5-12)6-14(18)16-13/h3-5,9-10,15H,6-8H2,1-2H3,(H,16,18). The molecule has 1 aromatic carbocycles. The van der Waals surface area contributed by atoms with E-state index in [1.807, 2.05) is 13.8 Å². The number of benzene rings is 1. The zero-order valence-corrected chi connectivity index (χ0v) is 12.9. The van der Waals surface area contributed by atoms with Crippen molar-refractivity contribution in [1.29, 1.82) is 0 Å². The number of piperazine rings is 1. The van der Waals surface area contributed by atoms with Crippen LogP contribution in [0.25, 0.3) is 0 Å². The van der Waals surface area contributed by atoms with Crippen molar-refractivity contribution >= 4 is 21.6 Å². The van der Waals surface area contributed by atoms with Crippen LogP contribution in [0.2, 0.25) is 0 Å². The molecule has 2 unspecified atom stereocenters. The van der Waals surface area contributed by atoms with E-state index < -0.39 is 10.0 Å². The monoisotopic (exact) mass is 309 g/mol. The van der Waals surface area contributed by atoms with Gasteiger partial charge in [0.15, 0.2) is 0 Å². The lowest BCUT2D eigenvalue weighted by Gasteiger charge is -2.38. The molecule has 2 atom stereocenters. The molecule has 21 heavy (non-hydrogen) atoms. The number of carbonyl (C=O) groups is 1. The molecule has 0 aliphatic carbocycles. The van der Waals surface area contributed by atoms with Crippen LogP contribution in [-0.4, -0.2) is 43.8 Å². The van der Waals surface area contributed by atoms with Gasteiger partial charge in [0.25, 0.3) is 0 Å². The minimum absolute atomic E-state index is 0.0910. The van der Waals surface area contributed by atoms with Crippen LogP contribution in [0.5, 0.6) is 0 Å². The highest BCUT2D eigenvalue weighted by atomic mass is 32.2. The van der Waals surface area contributed by atoms with Gasteiger partial charge in [0.1, 0.15) is 0 Å². The molecule has 2 aliphatic heterocycles. The van der Waals surface area contributed by atoms with Crippen molar-refractivity contribution in [3.63, 3.8) is 0 Å². The molecule has 114 valence electrons. The summed E-state index contributed by atoms with van der Waals surface area (Å²) in [5, 5.41) is 5.94. The number of fused-ring (bicyclic) bond motifs is 1. The molecule has 0 spiro atoms. The first-order chi connectivity index (χ1) is 9.89. The first kappa shape index (κ1) is 14.5. The second kappa shape index (κ2) is 5.08. The van der Waals surface area contributed by atoms with Crippen LogP contribution in [0.3, 0.4) is 0 Å². The average Bonchev–Trinajstić information content (AvgIpc) is 2.77. The van der Waals surface area contributed by atoms with E-state index in [0.717, 1.165) is 5.56 Å². The van der Waals surface area contributed by atoms with Gasteiger partial charge >= 0.3 is 0 Å². The Hall–Kier alpha value is -1.44. The number of nitrogens with zero attached hydrogens (tertiary/aromatic N) is 1. The molecule has 0 bridgehead atoms. The molecule has 2 heterocycles. The number of nitrogens with one attached hydrogen (secondary N) is 2. The van der Waals surface area contributed by atoms with E-state index in [1.165, 1.54) is 0 Å². The van der Waals surface area contributed by atoms with Crippen LogP contribution in [0.1, 0.15) is 19.4 Å². The Kier molecular flexibility index (Phi) is 3.51. The lowest BCUT2D eigenvalue weighted by molar-refractivity contribution is -0.115. The maximum atomic E-state index is 12.9. The van der Waals surface area contributed by atoms with Gasteiger partial charge in [-0.05, 0) is 37.6 Å². The molecular formula is C14H19N3O3S. The molecule has 2 N–H and O–H groups in total. The molecule has 1 amide bonds. The summed E-state index contributed by atoms with van der Waals surface area (Å²) < 4.78 is 27.3. The van der Waals surface area contributed by atoms with Gasteiger partial charge in [-0.2, -0.15) is 4.31 Å². The summed E-state index contributed by atoms with van der Waals surface area (Å²) in [5.74, 6) is -0.0940. The lowest BCUT2D eigenvalue weighted by atomic mass is 10.2. The molecule has 1 fully saturated rings. The molecule has 1 saturated heterocycles. The van der Waals surface area contributed by atoms with E-state index in [4.69, 9.17) is 0 Å². The topological polar surface area (TPSA) is 78.5 Å². The molecule has 0 saturated carbocycles. The van der Waals surface area contributed by atoms with Crippen LogP contribution >= 0.6 is 0 Å². The van der Waals surface area contributed by atoms with Crippen LogP contribution in [-0.2, 0) is 21.2 Å². The highest BCUT2D eigenvalue weighted by molar-refractivity contribution is 7.89. The van der Waals surface area contributed by atoms with Gasteiger partial charge in [-0.3, -0.25) is 4.79 Å². The summed E-state index contributed by atoms with van der Waals surface area (Å²) in [7, 11) is -3.55.